The number of aliphatic hydroxyl groups is 1. The second-order valence-corrected chi connectivity index (χ2v) is 7.88. The molecule has 5 nitrogen and oxygen atoms in total. The Morgan fingerprint density at radius 1 is 1.28 bits per heavy atom. The van der Waals surface area contributed by atoms with Crippen molar-refractivity contribution in [3.63, 3.8) is 0 Å². The van der Waals surface area contributed by atoms with E-state index in [4.69, 9.17) is 11.6 Å². The van der Waals surface area contributed by atoms with Crippen LogP contribution in [-0.4, -0.2) is 59.0 Å². The standard InChI is InChI=1S/C19H25ClN2O3/c1-14(23)22-12-17(24)11-19(13-22)5-7-21(8-6-19)18(25)10-15-3-2-4-16(20)9-15/h2-4,9,17,24H,5-8,10-13H2,1H3. The number of rotatable bonds is 2. The topological polar surface area (TPSA) is 60.9 Å². The van der Waals surface area contributed by atoms with Crippen molar-refractivity contribution in [3.05, 3.63) is 34.9 Å². The molecule has 1 unspecified atom stereocenters. The summed E-state index contributed by atoms with van der Waals surface area (Å²) in [7, 11) is 0. The molecule has 1 aromatic rings. The van der Waals surface area contributed by atoms with E-state index in [2.05, 4.69) is 0 Å². The first-order chi connectivity index (χ1) is 11.9. The Morgan fingerprint density at radius 3 is 2.64 bits per heavy atom. The van der Waals surface area contributed by atoms with Crippen LogP contribution in [0.15, 0.2) is 24.3 Å². The molecule has 2 fully saturated rings. The second kappa shape index (κ2) is 7.34. The lowest BCUT2D eigenvalue weighted by Crippen LogP contribution is -2.55. The molecule has 0 aromatic heterocycles. The first kappa shape index (κ1) is 18.2. The van der Waals surface area contributed by atoms with Gasteiger partial charge < -0.3 is 14.9 Å². The number of aliphatic hydroxyl groups excluding tert-OH is 1. The van der Waals surface area contributed by atoms with E-state index in [-0.39, 0.29) is 17.2 Å². The van der Waals surface area contributed by atoms with Gasteiger partial charge in [0.05, 0.1) is 12.5 Å². The van der Waals surface area contributed by atoms with Gasteiger partial charge in [0.2, 0.25) is 11.8 Å². The van der Waals surface area contributed by atoms with Crippen molar-refractivity contribution < 1.29 is 14.7 Å². The maximum absolute atomic E-state index is 12.6. The van der Waals surface area contributed by atoms with Gasteiger partial charge in [0.25, 0.3) is 0 Å². The lowest BCUT2D eigenvalue weighted by molar-refractivity contribution is -0.141. The summed E-state index contributed by atoms with van der Waals surface area (Å²) in [5, 5.41) is 10.8. The molecular weight excluding hydrogens is 340 g/mol. The first-order valence-corrected chi connectivity index (χ1v) is 9.20. The average molecular weight is 365 g/mol. The number of carbonyl (C=O) groups excluding carboxylic acids is 2. The van der Waals surface area contributed by atoms with Crippen molar-refractivity contribution in [1.82, 2.24) is 9.80 Å². The van der Waals surface area contributed by atoms with Crippen LogP contribution < -0.4 is 0 Å². The molecule has 1 spiro atoms. The molecule has 1 aromatic carbocycles. The Bertz CT molecular complexity index is 656. The van der Waals surface area contributed by atoms with Gasteiger partial charge in [0.15, 0.2) is 0 Å². The van der Waals surface area contributed by atoms with Crippen molar-refractivity contribution in [2.45, 2.75) is 38.7 Å². The number of hydrogen-bond donors (Lipinski definition) is 1. The molecule has 0 saturated carbocycles. The Kier molecular flexibility index (Phi) is 5.35. The molecule has 6 heteroatoms. The lowest BCUT2D eigenvalue weighted by Gasteiger charge is -2.49. The Balaban J connectivity index is 1.59. The number of carbonyl (C=O) groups is 2. The smallest absolute Gasteiger partial charge is 0.226 e. The quantitative estimate of drug-likeness (QED) is 0.874. The van der Waals surface area contributed by atoms with Gasteiger partial charge in [-0.25, -0.2) is 0 Å². The number of β-amino-alcohol motifs (C(OH)–C–C–N with tert-alkyl or cyclic N) is 1. The largest absolute Gasteiger partial charge is 0.391 e. The van der Waals surface area contributed by atoms with E-state index in [0.717, 1.165) is 18.4 Å². The van der Waals surface area contributed by atoms with Crippen LogP contribution in [0, 0.1) is 5.41 Å². The van der Waals surface area contributed by atoms with Gasteiger partial charge in [0.1, 0.15) is 0 Å². The zero-order valence-electron chi connectivity index (χ0n) is 14.6. The third-order valence-corrected chi connectivity index (χ3v) is 5.73. The molecule has 0 radical (unpaired) electrons. The number of nitrogens with zero attached hydrogens (tertiary/aromatic N) is 2. The molecule has 1 atom stereocenters. The summed E-state index contributed by atoms with van der Waals surface area (Å²) in [6.45, 7) is 4.02. The van der Waals surface area contributed by atoms with Crippen LogP contribution in [0.1, 0.15) is 31.7 Å². The summed E-state index contributed by atoms with van der Waals surface area (Å²) in [6.07, 6.45) is 2.26. The fraction of sp³-hybridized carbons (Fsp3) is 0.579. The third-order valence-electron chi connectivity index (χ3n) is 5.49. The number of benzene rings is 1. The van der Waals surface area contributed by atoms with Gasteiger partial charge in [-0.15, -0.1) is 0 Å². The first-order valence-electron chi connectivity index (χ1n) is 8.83. The highest BCUT2D eigenvalue weighted by atomic mass is 35.5. The molecule has 25 heavy (non-hydrogen) atoms. The highest BCUT2D eigenvalue weighted by Crippen LogP contribution is 2.40. The van der Waals surface area contributed by atoms with Gasteiger partial charge >= 0.3 is 0 Å². The Morgan fingerprint density at radius 2 is 2.00 bits per heavy atom. The molecule has 2 aliphatic rings. The summed E-state index contributed by atoms with van der Waals surface area (Å²) < 4.78 is 0. The number of hydrogen-bond acceptors (Lipinski definition) is 3. The van der Waals surface area contributed by atoms with E-state index in [9.17, 15) is 14.7 Å². The van der Waals surface area contributed by atoms with Gasteiger partial charge in [0, 0.05) is 38.1 Å². The SMILES string of the molecule is CC(=O)N1CC(O)CC2(CCN(C(=O)Cc3cccc(Cl)c3)CC2)C1. The molecule has 2 amide bonds. The van der Waals surface area contributed by atoms with E-state index in [1.54, 1.807) is 17.9 Å². The van der Waals surface area contributed by atoms with Crippen molar-refractivity contribution >= 4 is 23.4 Å². The van der Waals surface area contributed by atoms with Crippen LogP contribution >= 0.6 is 11.6 Å². The van der Waals surface area contributed by atoms with Crippen LogP contribution in [0.3, 0.4) is 0 Å². The molecular formula is C19H25ClN2O3. The highest BCUT2D eigenvalue weighted by Gasteiger charge is 2.42. The van der Waals surface area contributed by atoms with Gasteiger partial charge in [-0.05, 0) is 42.4 Å². The summed E-state index contributed by atoms with van der Waals surface area (Å²) in [5.74, 6) is 0.120. The minimum absolute atomic E-state index is 0.0117. The van der Waals surface area contributed by atoms with Crippen LogP contribution in [-0.2, 0) is 16.0 Å². The van der Waals surface area contributed by atoms with Gasteiger partial charge in [-0.1, -0.05) is 23.7 Å². The molecule has 1 N–H and O–H groups in total. The maximum Gasteiger partial charge on any atom is 0.226 e. The van der Waals surface area contributed by atoms with Crippen molar-refractivity contribution in [2.75, 3.05) is 26.2 Å². The zero-order chi connectivity index (χ0) is 18.0. The fourth-order valence-electron chi connectivity index (χ4n) is 4.12. The summed E-state index contributed by atoms with van der Waals surface area (Å²) in [5.41, 5.74) is 0.865. The average Bonchev–Trinajstić information content (AvgIpc) is 2.54. The molecule has 2 aliphatic heterocycles. The minimum atomic E-state index is -0.466. The lowest BCUT2D eigenvalue weighted by atomic mass is 9.71. The van der Waals surface area contributed by atoms with E-state index in [1.807, 2.05) is 23.1 Å². The monoisotopic (exact) mass is 364 g/mol. The Hall–Kier alpha value is -1.59. The molecule has 0 aliphatic carbocycles. The number of amides is 2. The highest BCUT2D eigenvalue weighted by molar-refractivity contribution is 6.30. The summed E-state index contributed by atoms with van der Waals surface area (Å²) in [6, 6.07) is 7.40. The molecule has 2 heterocycles. The number of likely N-dealkylation sites (tertiary alicyclic amines) is 2. The number of piperidine rings is 2. The van der Waals surface area contributed by atoms with Crippen LogP contribution in [0.5, 0.6) is 0 Å². The molecule has 0 bridgehead atoms. The van der Waals surface area contributed by atoms with E-state index in [0.29, 0.717) is 44.0 Å². The Labute approximate surface area is 153 Å². The fourth-order valence-corrected chi connectivity index (χ4v) is 4.33. The molecule has 3 rings (SSSR count). The second-order valence-electron chi connectivity index (χ2n) is 7.44. The minimum Gasteiger partial charge on any atom is -0.391 e. The molecule has 136 valence electrons. The normalized spacial score (nSPS) is 22.9. The van der Waals surface area contributed by atoms with E-state index < -0.39 is 6.10 Å². The number of halogens is 1. The van der Waals surface area contributed by atoms with Crippen LogP contribution in [0.4, 0.5) is 0 Å². The van der Waals surface area contributed by atoms with Crippen molar-refractivity contribution in [3.8, 4) is 0 Å². The van der Waals surface area contributed by atoms with E-state index >= 15 is 0 Å². The van der Waals surface area contributed by atoms with Crippen molar-refractivity contribution in [2.24, 2.45) is 5.41 Å². The third kappa shape index (κ3) is 4.33. The van der Waals surface area contributed by atoms with E-state index in [1.165, 1.54) is 0 Å². The molecule has 2 saturated heterocycles. The predicted octanol–water partition coefficient (Wildman–Crippen LogP) is 2.10. The van der Waals surface area contributed by atoms with Crippen LogP contribution in [0.2, 0.25) is 5.02 Å². The predicted molar refractivity (Wildman–Crippen MR) is 96.3 cm³/mol. The maximum atomic E-state index is 12.6. The van der Waals surface area contributed by atoms with Gasteiger partial charge in [-0.3, -0.25) is 9.59 Å². The zero-order valence-corrected chi connectivity index (χ0v) is 15.3. The van der Waals surface area contributed by atoms with Gasteiger partial charge in [-0.2, -0.15) is 0 Å². The van der Waals surface area contributed by atoms with Crippen molar-refractivity contribution in [1.29, 1.82) is 0 Å². The summed E-state index contributed by atoms with van der Waals surface area (Å²) in [4.78, 5) is 27.9. The van der Waals surface area contributed by atoms with Crippen LogP contribution in [0.25, 0.3) is 0 Å². The summed E-state index contributed by atoms with van der Waals surface area (Å²) >= 11 is 5.98.